The van der Waals surface area contributed by atoms with E-state index < -0.39 is 0 Å². The smallest absolute Gasteiger partial charge is 0.254 e. The fraction of sp³-hybridized carbons (Fsp3) is 0.267. The molecular formula is C15H17NO2S. The van der Waals surface area contributed by atoms with Crippen LogP contribution in [0.3, 0.4) is 0 Å². The van der Waals surface area contributed by atoms with Crippen LogP contribution >= 0.6 is 11.3 Å². The maximum absolute atomic E-state index is 12.5. The topological polar surface area (TPSA) is 40.5 Å². The van der Waals surface area contributed by atoms with Crippen molar-refractivity contribution < 1.29 is 9.90 Å². The largest absolute Gasteiger partial charge is 0.508 e. The van der Waals surface area contributed by atoms with Crippen LogP contribution in [0, 0.1) is 6.92 Å². The fourth-order valence-electron chi connectivity index (χ4n) is 1.97. The Hall–Kier alpha value is -1.81. The fourth-order valence-corrected chi connectivity index (χ4v) is 2.80. The van der Waals surface area contributed by atoms with E-state index in [2.05, 4.69) is 0 Å². The van der Waals surface area contributed by atoms with Gasteiger partial charge in [-0.3, -0.25) is 4.79 Å². The number of aryl methyl sites for hydroxylation is 1. The van der Waals surface area contributed by atoms with Gasteiger partial charge in [0.1, 0.15) is 5.75 Å². The molecule has 100 valence electrons. The number of carbonyl (C=O) groups is 1. The molecule has 1 N–H and O–H groups in total. The van der Waals surface area contributed by atoms with Crippen molar-refractivity contribution in [2.45, 2.75) is 19.9 Å². The van der Waals surface area contributed by atoms with Gasteiger partial charge in [0, 0.05) is 17.5 Å². The highest BCUT2D eigenvalue weighted by molar-refractivity contribution is 7.10. The van der Waals surface area contributed by atoms with Crippen LogP contribution in [0.25, 0.3) is 0 Å². The third-order valence-corrected chi connectivity index (χ3v) is 4.34. The van der Waals surface area contributed by atoms with Crippen molar-refractivity contribution in [1.82, 2.24) is 4.90 Å². The van der Waals surface area contributed by atoms with Gasteiger partial charge in [-0.05, 0) is 49.1 Å². The Labute approximate surface area is 117 Å². The monoisotopic (exact) mass is 275 g/mol. The van der Waals surface area contributed by atoms with Gasteiger partial charge in [0.15, 0.2) is 0 Å². The molecule has 0 saturated carbocycles. The summed E-state index contributed by atoms with van der Waals surface area (Å²) in [6.07, 6.45) is 0. The summed E-state index contributed by atoms with van der Waals surface area (Å²) in [6, 6.07) is 8.88. The second kappa shape index (κ2) is 5.45. The molecule has 1 aromatic heterocycles. The molecule has 0 saturated heterocycles. The van der Waals surface area contributed by atoms with Gasteiger partial charge in [-0.25, -0.2) is 0 Å². The van der Waals surface area contributed by atoms with Crippen LogP contribution in [0.4, 0.5) is 0 Å². The lowest BCUT2D eigenvalue weighted by atomic mass is 10.1. The van der Waals surface area contributed by atoms with E-state index in [4.69, 9.17) is 0 Å². The molecule has 0 spiro atoms. The summed E-state index contributed by atoms with van der Waals surface area (Å²) in [5.41, 5.74) is 1.42. The van der Waals surface area contributed by atoms with Gasteiger partial charge in [-0.15, -0.1) is 11.3 Å². The summed E-state index contributed by atoms with van der Waals surface area (Å²) in [6.45, 7) is 3.84. The number of phenolic OH excluding ortho intramolecular Hbond substituents is 1. The van der Waals surface area contributed by atoms with E-state index in [0.29, 0.717) is 5.56 Å². The van der Waals surface area contributed by atoms with Gasteiger partial charge in [0.25, 0.3) is 5.91 Å². The van der Waals surface area contributed by atoms with Crippen molar-refractivity contribution in [2.75, 3.05) is 7.05 Å². The van der Waals surface area contributed by atoms with Gasteiger partial charge in [-0.1, -0.05) is 6.07 Å². The Balaban J connectivity index is 2.24. The molecule has 0 aliphatic rings. The average Bonchev–Trinajstić information content (AvgIpc) is 2.90. The number of aromatic hydroxyl groups is 1. The molecule has 0 fully saturated rings. The number of nitrogens with zero attached hydrogens (tertiary/aromatic N) is 1. The average molecular weight is 275 g/mol. The van der Waals surface area contributed by atoms with E-state index in [0.717, 1.165) is 10.4 Å². The SMILES string of the molecule is Cc1cc(O)ccc1C(=O)N(C)C(C)c1cccs1. The maximum Gasteiger partial charge on any atom is 0.254 e. The third kappa shape index (κ3) is 2.79. The third-order valence-electron chi connectivity index (χ3n) is 3.30. The molecule has 3 nitrogen and oxygen atoms in total. The van der Waals surface area contributed by atoms with Crippen LogP contribution in [0.5, 0.6) is 5.75 Å². The Kier molecular flexibility index (Phi) is 3.90. The summed E-state index contributed by atoms with van der Waals surface area (Å²) >= 11 is 1.64. The molecule has 0 aliphatic heterocycles. The van der Waals surface area contributed by atoms with Gasteiger partial charge < -0.3 is 10.0 Å². The van der Waals surface area contributed by atoms with Gasteiger partial charge >= 0.3 is 0 Å². The lowest BCUT2D eigenvalue weighted by molar-refractivity contribution is 0.0744. The molecule has 0 aliphatic carbocycles. The number of amides is 1. The Morgan fingerprint density at radius 3 is 2.68 bits per heavy atom. The van der Waals surface area contributed by atoms with Crippen molar-refractivity contribution in [2.24, 2.45) is 0 Å². The minimum atomic E-state index is -0.0293. The maximum atomic E-state index is 12.5. The number of hydrogen-bond donors (Lipinski definition) is 1. The van der Waals surface area contributed by atoms with Crippen LogP contribution in [0.1, 0.15) is 33.8 Å². The molecule has 4 heteroatoms. The first-order valence-corrected chi connectivity index (χ1v) is 6.99. The zero-order valence-corrected chi connectivity index (χ0v) is 12.1. The molecule has 0 bridgehead atoms. The van der Waals surface area contributed by atoms with Crippen molar-refractivity contribution in [3.63, 3.8) is 0 Å². The first kappa shape index (κ1) is 13.6. The number of thiophene rings is 1. The summed E-state index contributed by atoms with van der Waals surface area (Å²) < 4.78 is 0. The van der Waals surface area contributed by atoms with E-state index in [1.165, 1.54) is 0 Å². The zero-order valence-electron chi connectivity index (χ0n) is 11.3. The molecule has 1 amide bonds. The van der Waals surface area contributed by atoms with E-state index in [9.17, 15) is 9.90 Å². The molecule has 1 heterocycles. The highest BCUT2D eigenvalue weighted by Crippen LogP contribution is 2.26. The summed E-state index contributed by atoms with van der Waals surface area (Å²) in [5, 5.41) is 11.4. The second-order valence-electron chi connectivity index (χ2n) is 4.61. The first-order valence-electron chi connectivity index (χ1n) is 6.11. The van der Waals surface area contributed by atoms with Crippen LogP contribution in [-0.2, 0) is 0 Å². The zero-order chi connectivity index (χ0) is 14.0. The molecule has 1 unspecified atom stereocenters. The minimum absolute atomic E-state index is 0.0293. The van der Waals surface area contributed by atoms with E-state index >= 15 is 0 Å². The Morgan fingerprint density at radius 1 is 1.37 bits per heavy atom. The van der Waals surface area contributed by atoms with E-state index in [1.54, 1.807) is 41.5 Å². The standard InChI is InChI=1S/C15H17NO2S/c1-10-9-12(17)6-7-13(10)15(18)16(3)11(2)14-5-4-8-19-14/h4-9,11,17H,1-3H3. The molecule has 0 radical (unpaired) electrons. The van der Waals surface area contributed by atoms with Gasteiger partial charge in [0.2, 0.25) is 0 Å². The van der Waals surface area contributed by atoms with E-state index in [-0.39, 0.29) is 17.7 Å². The molecular weight excluding hydrogens is 258 g/mol. The number of hydrogen-bond acceptors (Lipinski definition) is 3. The van der Waals surface area contributed by atoms with Gasteiger partial charge in [-0.2, -0.15) is 0 Å². The van der Waals surface area contributed by atoms with Crippen LogP contribution < -0.4 is 0 Å². The first-order chi connectivity index (χ1) is 9.00. The number of phenols is 1. The lowest BCUT2D eigenvalue weighted by Crippen LogP contribution is -2.29. The van der Waals surface area contributed by atoms with Crippen molar-refractivity contribution in [3.05, 3.63) is 51.7 Å². The van der Waals surface area contributed by atoms with Crippen molar-refractivity contribution >= 4 is 17.2 Å². The van der Waals surface area contributed by atoms with Crippen LogP contribution in [0.2, 0.25) is 0 Å². The second-order valence-corrected chi connectivity index (χ2v) is 5.59. The quantitative estimate of drug-likeness (QED) is 0.930. The lowest BCUT2D eigenvalue weighted by Gasteiger charge is -2.24. The Bertz CT molecular complexity index is 578. The van der Waals surface area contributed by atoms with E-state index in [1.807, 2.05) is 31.4 Å². The van der Waals surface area contributed by atoms with Gasteiger partial charge in [0.05, 0.1) is 6.04 Å². The molecule has 19 heavy (non-hydrogen) atoms. The summed E-state index contributed by atoms with van der Waals surface area (Å²) in [7, 11) is 1.80. The summed E-state index contributed by atoms with van der Waals surface area (Å²) in [4.78, 5) is 15.3. The predicted molar refractivity (Wildman–Crippen MR) is 77.7 cm³/mol. The molecule has 1 atom stereocenters. The Morgan fingerprint density at radius 2 is 2.11 bits per heavy atom. The molecule has 1 aromatic carbocycles. The van der Waals surface area contributed by atoms with Crippen molar-refractivity contribution in [3.8, 4) is 5.75 Å². The highest BCUT2D eigenvalue weighted by Gasteiger charge is 2.20. The normalized spacial score (nSPS) is 12.2. The highest BCUT2D eigenvalue weighted by atomic mass is 32.1. The molecule has 2 rings (SSSR count). The summed E-state index contributed by atoms with van der Waals surface area (Å²) in [5.74, 6) is 0.154. The van der Waals surface area contributed by atoms with Crippen LogP contribution in [0.15, 0.2) is 35.7 Å². The molecule has 2 aromatic rings. The number of rotatable bonds is 3. The predicted octanol–water partition coefficient (Wildman–Crippen LogP) is 3.60. The number of benzene rings is 1. The van der Waals surface area contributed by atoms with Crippen molar-refractivity contribution in [1.29, 1.82) is 0 Å². The van der Waals surface area contributed by atoms with Crippen LogP contribution in [-0.4, -0.2) is 23.0 Å². The number of carbonyl (C=O) groups excluding carboxylic acids is 1. The minimum Gasteiger partial charge on any atom is -0.508 e.